The van der Waals surface area contributed by atoms with Crippen LogP contribution in [0.1, 0.15) is 10.4 Å². The van der Waals surface area contributed by atoms with Gasteiger partial charge in [-0.2, -0.15) is 0 Å². The largest absolute Gasteiger partial charge is 0.492 e. The van der Waals surface area contributed by atoms with Crippen LogP contribution in [0.3, 0.4) is 0 Å². The minimum absolute atomic E-state index is 0.104. The smallest absolute Gasteiger partial charge is 0.255 e. The van der Waals surface area contributed by atoms with Gasteiger partial charge in [0.1, 0.15) is 12.4 Å². The van der Waals surface area contributed by atoms with Gasteiger partial charge in [0, 0.05) is 24.9 Å². The Balaban J connectivity index is 2.01. The summed E-state index contributed by atoms with van der Waals surface area (Å²) in [5, 5.41) is 2.75. The van der Waals surface area contributed by atoms with Gasteiger partial charge >= 0.3 is 0 Å². The molecular formula is C18H22N2O5S. The molecule has 0 aliphatic heterocycles. The molecule has 7 nitrogen and oxygen atoms in total. The number of nitrogens with two attached hydrogens (primary N) is 1. The normalized spacial score (nSPS) is 11.2. The quantitative estimate of drug-likeness (QED) is 0.688. The first-order valence-corrected chi connectivity index (χ1v) is 9.67. The molecule has 0 aromatic heterocycles. The fraction of sp³-hybridized carbons (Fsp3) is 0.278. The molecule has 0 saturated heterocycles. The maximum absolute atomic E-state index is 12.3. The monoisotopic (exact) mass is 378 g/mol. The third-order valence-corrected chi connectivity index (χ3v) is 5.23. The van der Waals surface area contributed by atoms with E-state index in [1.54, 1.807) is 24.3 Å². The van der Waals surface area contributed by atoms with Crippen molar-refractivity contribution in [2.45, 2.75) is 4.90 Å². The zero-order chi connectivity index (χ0) is 19.0. The van der Waals surface area contributed by atoms with Gasteiger partial charge in [0.2, 0.25) is 0 Å². The number of hydrogen-bond acceptors (Lipinski definition) is 6. The van der Waals surface area contributed by atoms with E-state index in [1.165, 1.54) is 31.4 Å². The summed E-state index contributed by atoms with van der Waals surface area (Å²) in [6, 6.07) is 12.7. The van der Waals surface area contributed by atoms with Crippen molar-refractivity contribution in [1.82, 2.24) is 0 Å². The predicted molar refractivity (Wildman–Crippen MR) is 99.3 cm³/mol. The van der Waals surface area contributed by atoms with Crippen molar-refractivity contribution in [3.8, 4) is 5.75 Å². The number of nitrogens with one attached hydrogen (secondary N) is 1. The Bertz CT molecular complexity index is 818. The van der Waals surface area contributed by atoms with Crippen LogP contribution in [0.25, 0.3) is 0 Å². The maximum atomic E-state index is 12.3. The molecule has 0 aliphatic carbocycles. The van der Waals surface area contributed by atoms with Gasteiger partial charge in [0.15, 0.2) is 9.84 Å². The van der Waals surface area contributed by atoms with Crippen molar-refractivity contribution in [2.75, 3.05) is 37.9 Å². The molecule has 2 aromatic rings. The van der Waals surface area contributed by atoms with Gasteiger partial charge in [0.25, 0.3) is 5.91 Å². The van der Waals surface area contributed by atoms with E-state index in [4.69, 9.17) is 15.2 Å². The van der Waals surface area contributed by atoms with Crippen molar-refractivity contribution in [2.24, 2.45) is 5.73 Å². The summed E-state index contributed by atoms with van der Waals surface area (Å²) in [6.07, 6.45) is 0. The Morgan fingerprint density at radius 3 is 2.27 bits per heavy atom. The van der Waals surface area contributed by atoms with E-state index >= 15 is 0 Å². The van der Waals surface area contributed by atoms with Crippen LogP contribution >= 0.6 is 0 Å². The Hall–Kier alpha value is -2.42. The Labute approximate surface area is 153 Å². The van der Waals surface area contributed by atoms with E-state index in [0.29, 0.717) is 30.2 Å². The van der Waals surface area contributed by atoms with Gasteiger partial charge in [-0.15, -0.1) is 0 Å². The highest BCUT2D eigenvalue weighted by molar-refractivity contribution is 7.91. The first kappa shape index (κ1) is 19.9. The lowest BCUT2D eigenvalue weighted by Gasteiger charge is -2.08. The van der Waals surface area contributed by atoms with E-state index in [1.807, 2.05) is 0 Å². The van der Waals surface area contributed by atoms with Gasteiger partial charge in [-0.05, 0) is 48.5 Å². The molecular weight excluding hydrogens is 356 g/mol. The third kappa shape index (κ3) is 5.55. The standard InChI is InChI=1S/C18H22N2O5S/c1-24-12-13-26(22,23)17-8-2-14(3-9-17)18(21)20-15-4-6-16(7-5-15)25-11-10-19/h2-9H,10-13,19H2,1H3,(H,20,21). The first-order valence-electron chi connectivity index (χ1n) is 8.02. The second kappa shape index (κ2) is 9.33. The van der Waals surface area contributed by atoms with Crippen LogP contribution in [-0.2, 0) is 14.6 Å². The molecule has 0 spiro atoms. The molecule has 0 atom stereocenters. The van der Waals surface area contributed by atoms with E-state index in [2.05, 4.69) is 5.32 Å². The average molecular weight is 378 g/mol. The molecule has 26 heavy (non-hydrogen) atoms. The van der Waals surface area contributed by atoms with Crippen molar-refractivity contribution in [3.05, 3.63) is 54.1 Å². The summed E-state index contributed by atoms with van der Waals surface area (Å²) in [4.78, 5) is 12.4. The molecule has 0 saturated carbocycles. The molecule has 0 heterocycles. The first-order chi connectivity index (χ1) is 12.5. The zero-order valence-electron chi connectivity index (χ0n) is 14.5. The highest BCUT2D eigenvalue weighted by Gasteiger charge is 2.15. The molecule has 2 aromatic carbocycles. The second-order valence-corrected chi connectivity index (χ2v) is 7.56. The number of benzene rings is 2. The number of ether oxygens (including phenoxy) is 2. The van der Waals surface area contributed by atoms with Crippen LogP contribution in [0.5, 0.6) is 5.75 Å². The molecule has 2 rings (SSSR count). The zero-order valence-corrected chi connectivity index (χ0v) is 15.3. The van der Waals surface area contributed by atoms with Crippen LogP contribution < -0.4 is 15.8 Å². The SMILES string of the molecule is COCCS(=O)(=O)c1ccc(C(=O)Nc2ccc(OCCN)cc2)cc1. The number of amides is 1. The Morgan fingerprint density at radius 2 is 1.69 bits per heavy atom. The van der Waals surface area contributed by atoms with Crippen LogP contribution in [0, 0.1) is 0 Å². The highest BCUT2D eigenvalue weighted by Crippen LogP contribution is 2.17. The van der Waals surface area contributed by atoms with Gasteiger partial charge in [-0.25, -0.2) is 8.42 Å². The summed E-state index contributed by atoms with van der Waals surface area (Å²) >= 11 is 0. The summed E-state index contributed by atoms with van der Waals surface area (Å²) in [5.74, 6) is 0.230. The fourth-order valence-electron chi connectivity index (χ4n) is 2.14. The minimum Gasteiger partial charge on any atom is -0.492 e. The molecule has 0 aliphatic rings. The summed E-state index contributed by atoms with van der Waals surface area (Å²) < 4.78 is 34.3. The fourth-order valence-corrected chi connectivity index (χ4v) is 3.31. The molecule has 140 valence electrons. The average Bonchev–Trinajstić information content (AvgIpc) is 2.66. The number of anilines is 1. The van der Waals surface area contributed by atoms with E-state index in [-0.39, 0.29) is 23.2 Å². The number of rotatable bonds is 9. The molecule has 8 heteroatoms. The van der Waals surface area contributed by atoms with E-state index in [0.717, 1.165) is 0 Å². The highest BCUT2D eigenvalue weighted by atomic mass is 32.2. The molecule has 3 N–H and O–H groups in total. The van der Waals surface area contributed by atoms with Crippen molar-refractivity contribution in [3.63, 3.8) is 0 Å². The topological polar surface area (TPSA) is 108 Å². The van der Waals surface area contributed by atoms with Crippen LogP contribution in [0.15, 0.2) is 53.4 Å². The van der Waals surface area contributed by atoms with Gasteiger partial charge < -0.3 is 20.5 Å². The summed E-state index contributed by atoms with van der Waals surface area (Å²) in [6.45, 7) is 0.969. The number of methoxy groups -OCH3 is 1. The lowest BCUT2D eigenvalue weighted by atomic mass is 10.2. The van der Waals surface area contributed by atoms with Crippen molar-refractivity contribution >= 4 is 21.4 Å². The van der Waals surface area contributed by atoms with Gasteiger partial charge in [-0.1, -0.05) is 0 Å². The lowest BCUT2D eigenvalue weighted by Crippen LogP contribution is -2.14. The third-order valence-electron chi connectivity index (χ3n) is 3.53. The molecule has 1 amide bonds. The Morgan fingerprint density at radius 1 is 1.04 bits per heavy atom. The molecule has 0 unspecified atom stereocenters. The Kier molecular flexibility index (Phi) is 7.14. The van der Waals surface area contributed by atoms with Crippen LogP contribution in [0.4, 0.5) is 5.69 Å². The molecule has 0 fully saturated rings. The second-order valence-electron chi connectivity index (χ2n) is 5.45. The number of sulfone groups is 1. The van der Waals surface area contributed by atoms with Gasteiger partial charge in [-0.3, -0.25) is 4.79 Å². The van der Waals surface area contributed by atoms with Crippen molar-refractivity contribution in [1.29, 1.82) is 0 Å². The maximum Gasteiger partial charge on any atom is 0.255 e. The predicted octanol–water partition coefficient (Wildman–Crippen LogP) is 1.70. The number of carbonyl (C=O) groups excluding carboxylic acids is 1. The van der Waals surface area contributed by atoms with Crippen LogP contribution in [0.2, 0.25) is 0 Å². The number of carbonyl (C=O) groups is 1. The molecule has 0 radical (unpaired) electrons. The lowest BCUT2D eigenvalue weighted by molar-refractivity contribution is 0.102. The van der Waals surface area contributed by atoms with Gasteiger partial charge in [0.05, 0.1) is 17.3 Å². The minimum atomic E-state index is -3.42. The van der Waals surface area contributed by atoms with Crippen LogP contribution in [-0.4, -0.2) is 46.9 Å². The number of hydrogen-bond donors (Lipinski definition) is 2. The summed E-state index contributed by atoms with van der Waals surface area (Å²) in [7, 11) is -1.97. The summed E-state index contributed by atoms with van der Waals surface area (Å²) in [5.41, 5.74) is 6.34. The van der Waals surface area contributed by atoms with Crippen molar-refractivity contribution < 1.29 is 22.7 Å². The van der Waals surface area contributed by atoms with E-state index in [9.17, 15) is 13.2 Å². The van der Waals surface area contributed by atoms with E-state index < -0.39 is 9.84 Å². The molecule has 0 bridgehead atoms.